The Morgan fingerprint density at radius 2 is 2.07 bits per heavy atom. The summed E-state index contributed by atoms with van der Waals surface area (Å²) in [4.78, 5) is 11.1. The van der Waals surface area contributed by atoms with Crippen molar-refractivity contribution < 1.29 is 13.9 Å². The van der Waals surface area contributed by atoms with Crippen LogP contribution in [0.2, 0.25) is 0 Å². The summed E-state index contributed by atoms with van der Waals surface area (Å²) in [6.45, 7) is 0.134. The number of ketones is 1. The molecule has 2 aromatic rings. The molecule has 3 heteroatoms. The van der Waals surface area contributed by atoms with Crippen LogP contribution in [-0.2, 0) is 9.53 Å². The van der Waals surface area contributed by atoms with Gasteiger partial charge in [0.15, 0.2) is 12.4 Å². The third-order valence-electron chi connectivity index (χ3n) is 2.41. The monoisotopic (exact) mass is 200 g/mol. The maximum absolute atomic E-state index is 11.1. The normalized spacial score (nSPS) is 15.5. The van der Waals surface area contributed by atoms with Gasteiger partial charge in [-0.05, 0) is 6.07 Å². The SMILES string of the molecule is O=C1C=C(c2coc3ccccc23)OC1. The first-order valence-electron chi connectivity index (χ1n) is 4.68. The fourth-order valence-corrected chi connectivity index (χ4v) is 1.70. The van der Waals surface area contributed by atoms with Crippen molar-refractivity contribution >= 4 is 22.5 Å². The molecule has 0 amide bonds. The highest BCUT2D eigenvalue weighted by molar-refractivity contribution is 6.03. The quantitative estimate of drug-likeness (QED) is 0.709. The van der Waals surface area contributed by atoms with Crippen LogP contribution in [0, 0.1) is 0 Å². The summed E-state index contributed by atoms with van der Waals surface area (Å²) < 4.78 is 10.6. The molecule has 0 fully saturated rings. The molecule has 0 aliphatic carbocycles. The van der Waals surface area contributed by atoms with Crippen LogP contribution in [0.3, 0.4) is 0 Å². The van der Waals surface area contributed by atoms with E-state index in [0.717, 1.165) is 16.5 Å². The highest BCUT2D eigenvalue weighted by Gasteiger charge is 2.18. The number of carbonyl (C=O) groups is 1. The largest absolute Gasteiger partial charge is 0.485 e. The minimum absolute atomic E-state index is 0.00437. The number of carbonyl (C=O) groups excluding carboxylic acids is 1. The predicted octanol–water partition coefficient (Wildman–Crippen LogP) is 2.37. The van der Waals surface area contributed by atoms with E-state index in [4.69, 9.17) is 9.15 Å². The lowest BCUT2D eigenvalue weighted by Crippen LogP contribution is -1.92. The third kappa shape index (κ3) is 1.24. The smallest absolute Gasteiger partial charge is 0.196 e. The van der Waals surface area contributed by atoms with Crippen LogP contribution in [0.15, 0.2) is 41.0 Å². The van der Waals surface area contributed by atoms with E-state index in [1.165, 1.54) is 6.08 Å². The predicted molar refractivity (Wildman–Crippen MR) is 55.2 cm³/mol. The first kappa shape index (κ1) is 8.29. The van der Waals surface area contributed by atoms with Crippen molar-refractivity contribution in [1.82, 2.24) is 0 Å². The summed E-state index contributed by atoms with van der Waals surface area (Å²) in [5, 5.41) is 0.971. The first-order chi connectivity index (χ1) is 7.34. The van der Waals surface area contributed by atoms with Crippen molar-refractivity contribution in [2.75, 3.05) is 6.61 Å². The molecule has 1 aromatic carbocycles. The standard InChI is InChI=1S/C12H8O3/c13-8-5-12(14-6-8)10-7-15-11-4-2-1-3-9(10)11/h1-5,7H,6H2. The minimum Gasteiger partial charge on any atom is -0.485 e. The molecule has 2 heterocycles. The molecule has 0 radical (unpaired) electrons. The molecule has 74 valence electrons. The molecule has 15 heavy (non-hydrogen) atoms. The minimum atomic E-state index is -0.00437. The number of furan rings is 1. The Hall–Kier alpha value is -2.03. The number of rotatable bonds is 1. The van der Waals surface area contributed by atoms with Gasteiger partial charge in [-0.1, -0.05) is 18.2 Å². The highest BCUT2D eigenvalue weighted by Crippen LogP contribution is 2.29. The number of hydrogen-bond donors (Lipinski definition) is 0. The lowest BCUT2D eigenvalue weighted by atomic mass is 10.1. The van der Waals surface area contributed by atoms with E-state index in [1.807, 2.05) is 24.3 Å². The maximum Gasteiger partial charge on any atom is 0.196 e. The number of hydrogen-bond acceptors (Lipinski definition) is 3. The first-order valence-corrected chi connectivity index (χ1v) is 4.68. The lowest BCUT2D eigenvalue weighted by Gasteiger charge is -1.98. The maximum atomic E-state index is 11.1. The van der Waals surface area contributed by atoms with E-state index in [1.54, 1.807) is 6.26 Å². The molecule has 3 nitrogen and oxygen atoms in total. The zero-order valence-electron chi connectivity index (χ0n) is 7.90. The Kier molecular flexibility index (Phi) is 1.65. The van der Waals surface area contributed by atoms with Crippen molar-refractivity contribution in [2.45, 2.75) is 0 Å². The third-order valence-corrected chi connectivity index (χ3v) is 2.41. The Labute approximate surface area is 85.9 Å². The van der Waals surface area contributed by atoms with Crippen LogP contribution in [-0.4, -0.2) is 12.4 Å². The van der Waals surface area contributed by atoms with Gasteiger partial charge in [-0.2, -0.15) is 0 Å². The Morgan fingerprint density at radius 3 is 2.87 bits per heavy atom. The molecule has 0 N–H and O–H groups in total. The van der Waals surface area contributed by atoms with Gasteiger partial charge in [0.1, 0.15) is 17.6 Å². The van der Waals surface area contributed by atoms with Gasteiger partial charge in [0.2, 0.25) is 0 Å². The molecule has 0 atom stereocenters. The van der Waals surface area contributed by atoms with Gasteiger partial charge < -0.3 is 9.15 Å². The number of fused-ring (bicyclic) bond motifs is 1. The summed E-state index contributed by atoms with van der Waals surface area (Å²) >= 11 is 0. The van der Waals surface area contributed by atoms with Crippen LogP contribution >= 0.6 is 0 Å². The van der Waals surface area contributed by atoms with E-state index in [0.29, 0.717) is 5.76 Å². The second-order valence-electron chi connectivity index (χ2n) is 3.41. The lowest BCUT2D eigenvalue weighted by molar-refractivity contribution is -0.115. The second-order valence-corrected chi connectivity index (χ2v) is 3.41. The van der Waals surface area contributed by atoms with Crippen molar-refractivity contribution in [2.24, 2.45) is 0 Å². The fraction of sp³-hybridized carbons (Fsp3) is 0.0833. The van der Waals surface area contributed by atoms with Gasteiger partial charge >= 0.3 is 0 Å². The van der Waals surface area contributed by atoms with Crippen LogP contribution < -0.4 is 0 Å². The van der Waals surface area contributed by atoms with E-state index >= 15 is 0 Å². The molecule has 1 aromatic heterocycles. The van der Waals surface area contributed by atoms with Gasteiger partial charge in [-0.15, -0.1) is 0 Å². The highest BCUT2D eigenvalue weighted by atomic mass is 16.5. The average molecular weight is 200 g/mol. The molecular weight excluding hydrogens is 192 g/mol. The van der Waals surface area contributed by atoms with E-state index in [-0.39, 0.29) is 12.4 Å². The van der Waals surface area contributed by atoms with Gasteiger partial charge in [-0.25, -0.2) is 0 Å². The summed E-state index contributed by atoms with van der Waals surface area (Å²) in [7, 11) is 0. The molecule has 0 saturated carbocycles. The summed E-state index contributed by atoms with van der Waals surface area (Å²) in [6, 6.07) is 7.67. The molecule has 3 rings (SSSR count). The van der Waals surface area contributed by atoms with Crippen molar-refractivity contribution in [3.8, 4) is 0 Å². The zero-order valence-corrected chi connectivity index (χ0v) is 7.90. The topological polar surface area (TPSA) is 39.4 Å². The number of benzene rings is 1. The van der Waals surface area contributed by atoms with Crippen molar-refractivity contribution in [3.63, 3.8) is 0 Å². The summed E-state index contributed by atoms with van der Waals surface area (Å²) in [5.41, 5.74) is 1.65. The molecule has 0 unspecified atom stereocenters. The summed E-state index contributed by atoms with van der Waals surface area (Å²) in [5.74, 6) is 0.597. The average Bonchev–Trinajstić information content (AvgIpc) is 2.83. The van der Waals surface area contributed by atoms with Gasteiger partial charge in [0.25, 0.3) is 0 Å². The molecule has 1 aliphatic rings. The number of para-hydroxylation sites is 1. The Morgan fingerprint density at radius 1 is 1.20 bits per heavy atom. The van der Waals surface area contributed by atoms with Crippen LogP contribution in [0.1, 0.15) is 5.56 Å². The molecule has 0 bridgehead atoms. The fourth-order valence-electron chi connectivity index (χ4n) is 1.70. The molecular formula is C12H8O3. The Bertz CT molecular complexity index is 563. The molecule has 0 saturated heterocycles. The molecule has 1 aliphatic heterocycles. The summed E-state index contributed by atoms with van der Waals surface area (Å²) in [6.07, 6.45) is 3.13. The number of ether oxygens (including phenoxy) is 1. The second kappa shape index (κ2) is 2.98. The van der Waals surface area contributed by atoms with E-state index in [2.05, 4.69) is 0 Å². The van der Waals surface area contributed by atoms with E-state index in [9.17, 15) is 4.79 Å². The van der Waals surface area contributed by atoms with Gasteiger partial charge in [-0.3, -0.25) is 4.79 Å². The van der Waals surface area contributed by atoms with Gasteiger partial charge in [0.05, 0.1) is 5.56 Å². The van der Waals surface area contributed by atoms with Crippen LogP contribution in [0.5, 0.6) is 0 Å². The molecule has 0 spiro atoms. The Balaban J connectivity index is 2.19. The zero-order chi connectivity index (χ0) is 10.3. The van der Waals surface area contributed by atoms with Gasteiger partial charge in [0, 0.05) is 11.5 Å². The van der Waals surface area contributed by atoms with Crippen LogP contribution in [0.4, 0.5) is 0 Å². The van der Waals surface area contributed by atoms with Crippen molar-refractivity contribution in [1.29, 1.82) is 0 Å². The van der Waals surface area contributed by atoms with Crippen molar-refractivity contribution in [3.05, 3.63) is 42.2 Å². The van der Waals surface area contributed by atoms with E-state index < -0.39 is 0 Å². The van der Waals surface area contributed by atoms with Crippen LogP contribution in [0.25, 0.3) is 16.7 Å².